The van der Waals surface area contributed by atoms with Gasteiger partial charge >= 0.3 is 0 Å². The van der Waals surface area contributed by atoms with E-state index in [0.717, 1.165) is 36.6 Å². The van der Waals surface area contributed by atoms with Gasteiger partial charge in [0, 0.05) is 18.9 Å². The standard InChI is InChI=1S/C16H22N4O/c1-4-18-15-12(2)16(20-13(3)19-15)21-11-5-6-14-7-9-17-10-8-14/h7-10H,4-6,11H2,1-3H3,(H,18,19,20). The van der Waals surface area contributed by atoms with Crippen molar-refractivity contribution in [3.8, 4) is 5.88 Å². The Kier molecular flexibility index (Phi) is 5.49. The molecule has 0 atom stereocenters. The molecule has 1 N–H and O–H groups in total. The van der Waals surface area contributed by atoms with Gasteiger partial charge in [0.1, 0.15) is 11.6 Å². The first-order valence-corrected chi connectivity index (χ1v) is 7.31. The second kappa shape index (κ2) is 7.57. The first-order valence-electron chi connectivity index (χ1n) is 7.31. The number of nitrogens with one attached hydrogen (secondary N) is 1. The Balaban J connectivity index is 1.91. The summed E-state index contributed by atoms with van der Waals surface area (Å²) in [4.78, 5) is 12.8. The van der Waals surface area contributed by atoms with Crippen molar-refractivity contribution in [2.75, 3.05) is 18.5 Å². The van der Waals surface area contributed by atoms with E-state index in [-0.39, 0.29) is 0 Å². The molecule has 21 heavy (non-hydrogen) atoms. The molecule has 0 aliphatic carbocycles. The number of pyridine rings is 1. The SMILES string of the molecule is CCNc1nc(C)nc(OCCCc2ccncc2)c1C. The van der Waals surface area contributed by atoms with Crippen molar-refractivity contribution >= 4 is 5.82 Å². The minimum absolute atomic E-state index is 0.644. The number of ether oxygens (including phenoxy) is 1. The van der Waals surface area contributed by atoms with Crippen LogP contribution in [0, 0.1) is 13.8 Å². The van der Waals surface area contributed by atoms with Gasteiger partial charge in [-0.1, -0.05) is 0 Å². The van der Waals surface area contributed by atoms with Crippen LogP contribution in [0.25, 0.3) is 0 Å². The van der Waals surface area contributed by atoms with Gasteiger partial charge in [-0.15, -0.1) is 0 Å². The van der Waals surface area contributed by atoms with Crippen LogP contribution in [0.5, 0.6) is 5.88 Å². The van der Waals surface area contributed by atoms with E-state index in [1.807, 2.05) is 45.3 Å². The maximum atomic E-state index is 5.82. The van der Waals surface area contributed by atoms with Crippen LogP contribution in [0.2, 0.25) is 0 Å². The van der Waals surface area contributed by atoms with Crippen LogP contribution in [0.4, 0.5) is 5.82 Å². The molecule has 2 rings (SSSR count). The molecule has 0 radical (unpaired) electrons. The third-order valence-electron chi connectivity index (χ3n) is 3.16. The number of aryl methyl sites for hydroxylation is 2. The van der Waals surface area contributed by atoms with Crippen molar-refractivity contribution in [1.29, 1.82) is 0 Å². The van der Waals surface area contributed by atoms with Crippen molar-refractivity contribution in [3.63, 3.8) is 0 Å². The zero-order valence-corrected chi connectivity index (χ0v) is 12.9. The summed E-state index contributed by atoms with van der Waals surface area (Å²) in [5.41, 5.74) is 2.24. The third-order valence-corrected chi connectivity index (χ3v) is 3.16. The second-order valence-corrected chi connectivity index (χ2v) is 4.89. The molecule has 2 heterocycles. The Hall–Kier alpha value is -2.17. The Morgan fingerprint density at radius 1 is 1.14 bits per heavy atom. The lowest BCUT2D eigenvalue weighted by Gasteiger charge is -2.12. The Labute approximate surface area is 125 Å². The van der Waals surface area contributed by atoms with Crippen molar-refractivity contribution in [2.45, 2.75) is 33.6 Å². The van der Waals surface area contributed by atoms with Crippen LogP contribution >= 0.6 is 0 Å². The van der Waals surface area contributed by atoms with Gasteiger partial charge in [-0.2, -0.15) is 4.98 Å². The lowest BCUT2D eigenvalue weighted by Crippen LogP contribution is -2.08. The Bertz CT molecular complexity index is 572. The minimum atomic E-state index is 0.644. The molecule has 0 saturated heterocycles. The number of hydrogen-bond acceptors (Lipinski definition) is 5. The van der Waals surface area contributed by atoms with E-state index in [1.54, 1.807) is 0 Å². The average Bonchev–Trinajstić information content (AvgIpc) is 2.49. The molecule has 0 amide bonds. The van der Waals surface area contributed by atoms with Crippen molar-refractivity contribution < 1.29 is 4.74 Å². The topological polar surface area (TPSA) is 59.9 Å². The lowest BCUT2D eigenvalue weighted by atomic mass is 10.1. The predicted molar refractivity (Wildman–Crippen MR) is 83.7 cm³/mol. The molecule has 0 aromatic carbocycles. The fraction of sp³-hybridized carbons (Fsp3) is 0.438. The highest BCUT2D eigenvalue weighted by Gasteiger charge is 2.09. The second-order valence-electron chi connectivity index (χ2n) is 4.89. The van der Waals surface area contributed by atoms with Crippen LogP contribution in [0.1, 0.15) is 30.3 Å². The van der Waals surface area contributed by atoms with Gasteiger partial charge in [0.05, 0.1) is 12.2 Å². The zero-order valence-electron chi connectivity index (χ0n) is 12.9. The Morgan fingerprint density at radius 2 is 1.90 bits per heavy atom. The number of hydrogen-bond donors (Lipinski definition) is 1. The van der Waals surface area contributed by atoms with Gasteiger partial charge in [-0.25, -0.2) is 4.98 Å². The van der Waals surface area contributed by atoms with Gasteiger partial charge in [0.2, 0.25) is 5.88 Å². The fourth-order valence-electron chi connectivity index (χ4n) is 2.08. The zero-order chi connectivity index (χ0) is 15.1. The molecule has 5 heteroatoms. The van der Waals surface area contributed by atoms with E-state index in [4.69, 9.17) is 4.74 Å². The monoisotopic (exact) mass is 286 g/mol. The smallest absolute Gasteiger partial charge is 0.221 e. The highest BCUT2D eigenvalue weighted by molar-refractivity contribution is 5.48. The molecule has 0 fully saturated rings. The van der Waals surface area contributed by atoms with E-state index < -0.39 is 0 Å². The van der Waals surface area contributed by atoms with Crippen LogP contribution in [-0.2, 0) is 6.42 Å². The van der Waals surface area contributed by atoms with Gasteiger partial charge in [0.15, 0.2) is 0 Å². The number of nitrogens with zero attached hydrogens (tertiary/aromatic N) is 3. The molecular formula is C16H22N4O. The molecule has 2 aromatic rings. The number of rotatable bonds is 7. The normalized spacial score (nSPS) is 10.4. The van der Waals surface area contributed by atoms with Crippen molar-refractivity contribution in [3.05, 3.63) is 41.5 Å². The molecule has 2 aromatic heterocycles. The summed E-state index contributed by atoms with van der Waals surface area (Å²) in [6.07, 6.45) is 5.56. The highest BCUT2D eigenvalue weighted by Crippen LogP contribution is 2.22. The molecule has 0 unspecified atom stereocenters. The van der Waals surface area contributed by atoms with Gasteiger partial charge < -0.3 is 10.1 Å². The lowest BCUT2D eigenvalue weighted by molar-refractivity contribution is 0.296. The van der Waals surface area contributed by atoms with E-state index in [1.165, 1.54) is 5.56 Å². The number of anilines is 1. The van der Waals surface area contributed by atoms with Gasteiger partial charge in [-0.3, -0.25) is 4.98 Å². The summed E-state index contributed by atoms with van der Waals surface area (Å²) in [6.45, 7) is 7.38. The summed E-state index contributed by atoms with van der Waals surface area (Å²) in [6, 6.07) is 4.06. The van der Waals surface area contributed by atoms with E-state index >= 15 is 0 Å². The molecular weight excluding hydrogens is 264 g/mol. The molecule has 0 bridgehead atoms. The predicted octanol–water partition coefficient (Wildman–Crippen LogP) is 2.93. The maximum absolute atomic E-state index is 5.82. The molecule has 0 aliphatic rings. The summed E-state index contributed by atoms with van der Waals surface area (Å²) in [5.74, 6) is 2.25. The quantitative estimate of drug-likeness (QED) is 0.793. The first kappa shape index (κ1) is 15.2. The molecule has 0 saturated carbocycles. The molecule has 0 spiro atoms. The Morgan fingerprint density at radius 3 is 2.62 bits per heavy atom. The molecule has 0 aliphatic heterocycles. The fourth-order valence-corrected chi connectivity index (χ4v) is 2.08. The largest absolute Gasteiger partial charge is 0.477 e. The van der Waals surface area contributed by atoms with Crippen LogP contribution < -0.4 is 10.1 Å². The van der Waals surface area contributed by atoms with Crippen LogP contribution in [-0.4, -0.2) is 28.1 Å². The van der Waals surface area contributed by atoms with E-state index in [9.17, 15) is 0 Å². The van der Waals surface area contributed by atoms with Crippen molar-refractivity contribution in [1.82, 2.24) is 15.0 Å². The summed E-state index contributed by atoms with van der Waals surface area (Å²) >= 11 is 0. The van der Waals surface area contributed by atoms with Crippen LogP contribution in [0.3, 0.4) is 0 Å². The minimum Gasteiger partial charge on any atom is -0.477 e. The van der Waals surface area contributed by atoms with Gasteiger partial charge in [-0.05, 0) is 51.3 Å². The average molecular weight is 286 g/mol. The first-order chi connectivity index (χ1) is 10.2. The summed E-state index contributed by atoms with van der Waals surface area (Å²) < 4.78 is 5.82. The summed E-state index contributed by atoms with van der Waals surface area (Å²) in [5, 5.41) is 3.24. The van der Waals surface area contributed by atoms with E-state index in [0.29, 0.717) is 12.5 Å². The highest BCUT2D eigenvalue weighted by atomic mass is 16.5. The molecule has 112 valence electrons. The van der Waals surface area contributed by atoms with E-state index in [2.05, 4.69) is 20.3 Å². The van der Waals surface area contributed by atoms with Crippen molar-refractivity contribution in [2.24, 2.45) is 0 Å². The third kappa shape index (κ3) is 4.41. The number of aromatic nitrogens is 3. The van der Waals surface area contributed by atoms with Crippen LogP contribution in [0.15, 0.2) is 24.5 Å². The summed E-state index contributed by atoms with van der Waals surface area (Å²) in [7, 11) is 0. The maximum Gasteiger partial charge on any atom is 0.221 e. The van der Waals surface area contributed by atoms with Gasteiger partial charge in [0.25, 0.3) is 0 Å². The molecule has 5 nitrogen and oxygen atoms in total.